The zero-order valence-electron chi connectivity index (χ0n) is 32.4. The van der Waals surface area contributed by atoms with Gasteiger partial charge in [0.1, 0.15) is 12.4 Å². The number of aliphatic hydroxyl groups excluding tert-OH is 1. The molecule has 0 radical (unpaired) electrons. The Morgan fingerprint density at radius 1 is 0.695 bits per heavy atom. The van der Waals surface area contributed by atoms with Gasteiger partial charge in [0.25, 0.3) is 0 Å². The molecule has 1 rings (SSSR count). The summed E-state index contributed by atoms with van der Waals surface area (Å²) >= 11 is 0. The van der Waals surface area contributed by atoms with Crippen LogP contribution >= 0.6 is 0 Å². The van der Waals surface area contributed by atoms with Crippen LogP contribution in [0.5, 0.6) is 5.75 Å². The maximum Gasteiger partial charge on any atom is 0.460 e. The first-order valence-corrected chi connectivity index (χ1v) is 20.1. The van der Waals surface area contributed by atoms with Crippen molar-refractivity contribution in [2.45, 2.75) is 132 Å². The molecule has 0 aliphatic rings. The van der Waals surface area contributed by atoms with Gasteiger partial charge in [0.2, 0.25) is 0 Å². The Bertz CT molecular complexity index is 1540. The Balaban J connectivity index is 3.09. The number of esters is 1. The lowest BCUT2D eigenvalue weighted by Crippen LogP contribution is -2.74. The molecule has 0 amide bonds. The summed E-state index contributed by atoms with van der Waals surface area (Å²) in [4.78, 5) is 11.3. The van der Waals surface area contributed by atoms with Crippen molar-refractivity contribution in [3.05, 3.63) is 54.1 Å². The number of hydrogen-bond donors (Lipinski definition) is 1. The number of carbonyl (C=O) groups excluding carboxylic acids is 1. The Kier molecular flexibility index (Phi) is 18.1. The van der Waals surface area contributed by atoms with Crippen LogP contribution in [0.3, 0.4) is 0 Å². The third kappa shape index (κ3) is 11.2. The largest absolute Gasteiger partial charge is 0.491 e. The van der Waals surface area contributed by atoms with Crippen LogP contribution in [0.25, 0.3) is 0 Å². The van der Waals surface area contributed by atoms with E-state index < -0.39 is 98.2 Å². The lowest BCUT2D eigenvalue weighted by molar-refractivity contribution is -0.461. The normalized spacial score (nSPS) is 15.8. The molecule has 0 aliphatic heterocycles. The molecule has 342 valence electrons. The van der Waals surface area contributed by atoms with E-state index in [9.17, 15) is 84.5 Å². The van der Waals surface area contributed by atoms with E-state index in [0.717, 1.165) is 0 Å². The summed E-state index contributed by atoms with van der Waals surface area (Å²) in [6.07, 6.45) is -3.97. The highest BCUT2D eigenvalue weighted by Crippen LogP contribution is 2.64. The Morgan fingerprint density at radius 3 is 1.63 bits per heavy atom. The van der Waals surface area contributed by atoms with Crippen molar-refractivity contribution >= 4 is 14.3 Å². The van der Waals surface area contributed by atoms with Crippen LogP contribution < -0.4 is 4.74 Å². The quantitative estimate of drug-likeness (QED) is 0.0280. The summed E-state index contributed by atoms with van der Waals surface area (Å²) in [5, 5.41) is 10.7. The summed E-state index contributed by atoms with van der Waals surface area (Å²) in [6, 6.07) is 4.65. The highest BCUT2D eigenvalue weighted by atomic mass is 28.4. The number of aliphatic hydroxyl groups is 1. The number of benzene rings is 1. The van der Waals surface area contributed by atoms with Crippen LogP contribution in [-0.2, 0) is 14.0 Å². The number of hydrogen-bond acceptors (Lipinski definition) is 5. The second-order valence-corrected chi connectivity index (χ2v) is 19.2. The Labute approximate surface area is 330 Å². The zero-order chi connectivity index (χ0) is 46.3. The molecule has 0 unspecified atom stereocenters. The minimum atomic E-state index is -8.68. The molecule has 1 aromatic rings. The number of ether oxygens (including phenoxy) is 2. The van der Waals surface area contributed by atoms with E-state index in [1.54, 1.807) is 26.0 Å². The second kappa shape index (κ2) is 19.7. The van der Waals surface area contributed by atoms with Crippen LogP contribution in [0.4, 0.5) is 74.6 Å². The molecule has 59 heavy (non-hydrogen) atoms. The molecular formula is C36H45F17O5Si. The molecule has 1 N–H and O–H groups in total. The average molecular weight is 909 g/mol. The summed E-state index contributed by atoms with van der Waals surface area (Å²) in [7, 11) is -3.94. The van der Waals surface area contributed by atoms with Gasteiger partial charge in [-0.2, -0.15) is 74.6 Å². The third-order valence-electron chi connectivity index (χ3n) is 9.61. The fraction of sp³-hybridized carbons (Fsp3) is 0.694. The standard InChI is InChI=1S/C36H45F17O5Si/c1-7-56-27(54)13-11-9-8-10-12-24(6)28(55)25-14-16-26(17-15-25)57-19-20-58-59(22(2)3,23(4)5)21-18-29(37,38)30(39,40)31(41,42)32(43,44)33(45,46)34(47,48)35(49,50)36(51,52)53/h8-9,11,13-17,22-24,28,55H,7,10,12,18-21H2,1-6H3/b9-8+,13-11+/t24-,28+/m1/s1. The molecule has 0 bridgehead atoms. The van der Waals surface area contributed by atoms with Crippen molar-refractivity contribution in [3.8, 4) is 5.75 Å². The van der Waals surface area contributed by atoms with Gasteiger partial charge < -0.3 is 19.0 Å². The molecule has 1 aromatic carbocycles. The van der Waals surface area contributed by atoms with Gasteiger partial charge in [-0.3, -0.25) is 0 Å². The fourth-order valence-electron chi connectivity index (χ4n) is 5.85. The molecule has 0 aromatic heterocycles. The first-order valence-electron chi connectivity index (χ1n) is 17.8. The van der Waals surface area contributed by atoms with E-state index in [-0.39, 0.29) is 24.9 Å². The topological polar surface area (TPSA) is 65.0 Å². The molecule has 2 atom stereocenters. The summed E-state index contributed by atoms with van der Waals surface area (Å²) in [5.41, 5.74) is -1.20. The van der Waals surface area contributed by atoms with Gasteiger partial charge in [0.15, 0.2) is 8.32 Å². The van der Waals surface area contributed by atoms with Crippen molar-refractivity contribution in [1.82, 2.24) is 0 Å². The van der Waals surface area contributed by atoms with E-state index in [0.29, 0.717) is 18.4 Å². The number of rotatable bonds is 24. The third-order valence-corrected chi connectivity index (χ3v) is 15.3. The minimum absolute atomic E-state index is 0.194. The lowest BCUT2D eigenvalue weighted by atomic mass is 9.88. The van der Waals surface area contributed by atoms with E-state index >= 15 is 0 Å². The number of alkyl halides is 17. The van der Waals surface area contributed by atoms with Crippen LogP contribution in [0.15, 0.2) is 48.6 Å². The summed E-state index contributed by atoms with van der Waals surface area (Å²) < 4.78 is 250. The molecule has 5 nitrogen and oxygen atoms in total. The first-order chi connectivity index (χ1) is 26.6. The molecule has 23 heteroatoms. The maximum absolute atomic E-state index is 14.9. The SMILES string of the molecule is CCOC(=O)/C=C/C=C/CC[C@@H](C)[C@H](O)c1ccc(OCCO[Si](CCC(F)(F)C(F)(F)C(F)(F)C(F)(F)C(F)(F)C(F)(F)C(F)(F)C(F)(F)F)(C(C)C)C(C)C)cc1. The van der Waals surface area contributed by atoms with Gasteiger partial charge >= 0.3 is 53.6 Å². The van der Waals surface area contributed by atoms with Crippen molar-refractivity contribution in [2.75, 3.05) is 19.8 Å². The van der Waals surface area contributed by atoms with E-state index in [1.807, 2.05) is 0 Å². The molecule has 0 heterocycles. The first kappa shape index (κ1) is 53.9. The van der Waals surface area contributed by atoms with E-state index in [2.05, 4.69) is 0 Å². The smallest absolute Gasteiger partial charge is 0.460 e. The number of allylic oxidation sites excluding steroid dienone is 3. The Morgan fingerprint density at radius 2 is 1.17 bits per heavy atom. The molecule has 0 saturated carbocycles. The predicted octanol–water partition coefficient (Wildman–Crippen LogP) is 12.4. The minimum Gasteiger partial charge on any atom is -0.491 e. The van der Waals surface area contributed by atoms with Crippen molar-refractivity contribution in [3.63, 3.8) is 0 Å². The van der Waals surface area contributed by atoms with Crippen LogP contribution in [0, 0.1) is 5.92 Å². The zero-order valence-corrected chi connectivity index (χ0v) is 33.4. The van der Waals surface area contributed by atoms with Gasteiger partial charge in [-0.15, -0.1) is 0 Å². The van der Waals surface area contributed by atoms with Gasteiger partial charge in [0.05, 0.1) is 19.3 Å². The van der Waals surface area contributed by atoms with Gasteiger partial charge in [-0.25, -0.2) is 4.79 Å². The molecule has 0 fully saturated rings. The predicted molar refractivity (Wildman–Crippen MR) is 182 cm³/mol. The number of halogens is 17. The van der Waals surface area contributed by atoms with Crippen LogP contribution in [0.1, 0.15) is 72.5 Å². The molecule has 0 saturated heterocycles. The highest BCUT2D eigenvalue weighted by molar-refractivity contribution is 6.76. The van der Waals surface area contributed by atoms with Crippen molar-refractivity contribution in [1.29, 1.82) is 0 Å². The second-order valence-electron chi connectivity index (χ2n) is 14.2. The van der Waals surface area contributed by atoms with Crippen LogP contribution in [-0.4, -0.2) is 86.8 Å². The highest BCUT2D eigenvalue weighted by Gasteiger charge is 2.95. The summed E-state index contributed by atoms with van der Waals surface area (Å²) in [5.74, 6) is -57.2. The Hall–Kier alpha value is -3.08. The average Bonchev–Trinajstić information content (AvgIpc) is 3.11. The monoisotopic (exact) mass is 908 g/mol. The van der Waals surface area contributed by atoms with Gasteiger partial charge in [0, 0.05) is 12.5 Å². The maximum atomic E-state index is 14.9. The molecular weight excluding hydrogens is 863 g/mol. The fourth-order valence-corrected chi connectivity index (χ4v) is 10.3. The summed E-state index contributed by atoms with van der Waals surface area (Å²) in [6.45, 7) is 8.19. The van der Waals surface area contributed by atoms with Gasteiger partial charge in [-0.05, 0) is 60.5 Å². The van der Waals surface area contributed by atoms with E-state index in [1.165, 1.54) is 64.1 Å². The van der Waals surface area contributed by atoms with E-state index in [4.69, 9.17) is 13.9 Å². The van der Waals surface area contributed by atoms with Crippen molar-refractivity contribution < 1.29 is 98.4 Å². The molecule has 0 aliphatic carbocycles. The molecule has 0 spiro atoms. The number of carbonyl (C=O) groups is 1. The lowest BCUT2D eigenvalue weighted by Gasteiger charge is -2.44. The van der Waals surface area contributed by atoms with Gasteiger partial charge in [-0.1, -0.05) is 65.0 Å². The van der Waals surface area contributed by atoms with Crippen LogP contribution in [0.2, 0.25) is 17.1 Å². The van der Waals surface area contributed by atoms with Crippen molar-refractivity contribution in [2.24, 2.45) is 5.92 Å².